The van der Waals surface area contributed by atoms with Gasteiger partial charge in [0, 0.05) is 11.6 Å². The Morgan fingerprint density at radius 3 is 2.84 bits per heavy atom. The maximum atomic E-state index is 13.9. The van der Waals surface area contributed by atoms with E-state index in [1.165, 1.54) is 37.5 Å². The summed E-state index contributed by atoms with van der Waals surface area (Å²) >= 11 is 6.32. The lowest BCUT2D eigenvalue weighted by atomic mass is 9.82. The van der Waals surface area contributed by atoms with Crippen molar-refractivity contribution in [1.82, 2.24) is 19.5 Å². The van der Waals surface area contributed by atoms with Gasteiger partial charge < -0.3 is 9.64 Å². The van der Waals surface area contributed by atoms with E-state index in [-0.39, 0.29) is 5.91 Å². The minimum absolute atomic E-state index is 0.197. The molecule has 2 aromatic heterocycles. The lowest BCUT2D eigenvalue weighted by molar-refractivity contribution is 0.0745. The van der Waals surface area contributed by atoms with E-state index in [4.69, 9.17) is 16.3 Å². The molecule has 1 aromatic carbocycles. The summed E-state index contributed by atoms with van der Waals surface area (Å²) in [5.41, 5.74) is 4.40. The molecular weight excluding hydrogens is 431 g/mol. The second-order valence-electron chi connectivity index (χ2n) is 8.85. The van der Waals surface area contributed by atoms with Gasteiger partial charge in [-0.2, -0.15) is 5.10 Å². The first-order valence-electron chi connectivity index (χ1n) is 11.2. The average molecular weight is 457 g/mol. The number of halogens is 2. The van der Waals surface area contributed by atoms with Crippen LogP contribution in [-0.2, 0) is 13.1 Å². The van der Waals surface area contributed by atoms with E-state index in [1.54, 1.807) is 9.42 Å². The van der Waals surface area contributed by atoms with E-state index < -0.39 is 5.82 Å². The summed E-state index contributed by atoms with van der Waals surface area (Å²) in [4.78, 5) is 19.6. The van der Waals surface area contributed by atoms with Gasteiger partial charge in [-0.25, -0.2) is 13.9 Å². The first-order valence-corrected chi connectivity index (χ1v) is 11.5. The van der Waals surface area contributed by atoms with E-state index >= 15 is 0 Å². The Kier molecular flexibility index (Phi) is 5.53. The lowest BCUT2D eigenvalue weighted by Gasteiger charge is -2.25. The van der Waals surface area contributed by atoms with Gasteiger partial charge in [-0.15, -0.1) is 0 Å². The zero-order valence-corrected chi connectivity index (χ0v) is 19.1. The molecule has 0 saturated heterocycles. The van der Waals surface area contributed by atoms with E-state index in [0.29, 0.717) is 36.0 Å². The largest absolute Gasteiger partial charge is 0.493 e. The highest BCUT2D eigenvalue weighted by Crippen LogP contribution is 2.32. The van der Waals surface area contributed by atoms with Crippen LogP contribution in [0.4, 0.5) is 4.39 Å². The van der Waals surface area contributed by atoms with Crippen LogP contribution in [0.15, 0.2) is 18.2 Å². The smallest absolute Gasteiger partial charge is 0.258 e. The number of carbonyl (C=O) groups excluding carboxylic acids is 1. The molecule has 0 radical (unpaired) electrons. The number of aromatic nitrogens is 3. The van der Waals surface area contributed by atoms with Crippen molar-refractivity contribution in [2.75, 3.05) is 6.61 Å². The molecule has 0 N–H and O–H groups in total. The van der Waals surface area contributed by atoms with Crippen LogP contribution in [-0.4, -0.2) is 32.0 Å². The lowest BCUT2D eigenvalue weighted by Crippen LogP contribution is -2.26. The zero-order chi connectivity index (χ0) is 22.4. The Balaban J connectivity index is 1.33. The molecule has 1 aliphatic carbocycles. The molecule has 6 nitrogen and oxygen atoms in total. The molecule has 0 bridgehead atoms. The van der Waals surface area contributed by atoms with Crippen molar-refractivity contribution >= 4 is 23.2 Å². The molecule has 168 valence electrons. The molecule has 8 heteroatoms. The first-order chi connectivity index (χ1) is 15.4. The summed E-state index contributed by atoms with van der Waals surface area (Å²) in [6.45, 7) is 5.01. The van der Waals surface area contributed by atoms with Gasteiger partial charge in [-0.05, 0) is 44.7 Å². The van der Waals surface area contributed by atoms with Crippen LogP contribution >= 0.6 is 11.6 Å². The standard InChI is InChI=1S/C24H26ClFN4O2/c1-14-22(25)15(2)30-23(27-14)19-12-29(13-20(19)28-30)24(31)18-9-8-17(26)11-21(18)32-10-4-7-16-5-3-6-16/h8-9,11,16H,3-7,10,12-13H2,1-2H3. The van der Waals surface area contributed by atoms with Crippen LogP contribution in [0.1, 0.15) is 65.1 Å². The molecule has 0 atom stereocenters. The van der Waals surface area contributed by atoms with Crippen LogP contribution in [0.5, 0.6) is 5.75 Å². The number of carbonyl (C=O) groups is 1. The molecule has 1 fully saturated rings. The molecule has 2 aliphatic rings. The summed E-state index contributed by atoms with van der Waals surface area (Å²) in [6.07, 6.45) is 5.94. The molecule has 1 saturated carbocycles. The Labute approximate surface area is 191 Å². The summed E-state index contributed by atoms with van der Waals surface area (Å²) < 4.78 is 21.5. The van der Waals surface area contributed by atoms with Gasteiger partial charge in [0.25, 0.3) is 5.91 Å². The number of hydrogen-bond donors (Lipinski definition) is 0. The highest BCUT2D eigenvalue weighted by atomic mass is 35.5. The molecule has 0 spiro atoms. The molecular formula is C24H26ClFN4O2. The highest BCUT2D eigenvalue weighted by Gasteiger charge is 2.31. The monoisotopic (exact) mass is 456 g/mol. The second kappa shape index (κ2) is 8.35. The average Bonchev–Trinajstić information content (AvgIpc) is 3.29. The fraction of sp³-hybridized carbons (Fsp3) is 0.458. The van der Waals surface area contributed by atoms with Crippen LogP contribution in [0, 0.1) is 25.6 Å². The predicted octanol–water partition coefficient (Wildman–Crippen LogP) is 5.25. The summed E-state index contributed by atoms with van der Waals surface area (Å²) in [6, 6.07) is 4.12. The van der Waals surface area contributed by atoms with Crippen molar-refractivity contribution in [1.29, 1.82) is 0 Å². The van der Waals surface area contributed by atoms with E-state index in [1.807, 2.05) is 13.8 Å². The van der Waals surface area contributed by atoms with Crippen molar-refractivity contribution in [2.45, 2.75) is 59.0 Å². The van der Waals surface area contributed by atoms with Gasteiger partial charge in [-0.1, -0.05) is 30.9 Å². The van der Waals surface area contributed by atoms with Crippen molar-refractivity contribution in [2.24, 2.45) is 5.92 Å². The maximum absolute atomic E-state index is 13.9. The number of fused-ring (bicyclic) bond motifs is 3. The number of nitrogens with zero attached hydrogens (tertiary/aromatic N) is 4. The van der Waals surface area contributed by atoms with Crippen LogP contribution < -0.4 is 4.74 Å². The van der Waals surface area contributed by atoms with Crippen molar-refractivity contribution < 1.29 is 13.9 Å². The van der Waals surface area contributed by atoms with Gasteiger partial charge in [0.1, 0.15) is 11.6 Å². The quantitative estimate of drug-likeness (QED) is 0.475. The van der Waals surface area contributed by atoms with Crippen LogP contribution in [0.3, 0.4) is 0 Å². The summed E-state index contributed by atoms with van der Waals surface area (Å²) in [5.74, 6) is 0.493. The van der Waals surface area contributed by atoms with Gasteiger partial charge >= 0.3 is 0 Å². The van der Waals surface area contributed by atoms with Crippen LogP contribution in [0.25, 0.3) is 5.65 Å². The van der Waals surface area contributed by atoms with Gasteiger partial charge in [0.15, 0.2) is 5.65 Å². The van der Waals surface area contributed by atoms with E-state index in [0.717, 1.165) is 47.1 Å². The van der Waals surface area contributed by atoms with Gasteiger partial charge in [-0.3, -0.25) is 4.79 Å². The Hall–Kier alpha value is -2.67. The maximum Gasteiger partial charge on any atom is 0.258 e. The molecule has 32 heavy (non-hydrogen) atoms. The highest BCUT2D eigenvalue weighted by molar-refractivity contribution is 6.31. The van der Waals surface area contributed by atoms with Crippen molar-refractivity contribution in [3.8, 4) is 5.75 Å². The first kappa shape index (κ1) is 21.2. The number of ether oxygens (including phenoxy) is 1. The topological polar surface area (TPSA) is 59.7 Å². The molecule has 0 unspecified atom stereocenters. The Bertz CT molecular complexity index is 1200. The van der Waals surface area contributed by atoms with Crippen molar-refractivity contribution in [3.05, 3.63) is 57.2 Å². The number of benzene rings is 1. The third kappa shape index (κ3) is 3.72. The Morgan fingerprint density at radius 2 is 2.09 bits per heavy atom. The molecule has 1 amide bonds. The van der Waals surface area contributed by atoms with Gasteiger partial charge in [0.2, 0.25) is 0 Å². The zero-order valence-electron chi connectivity index (χ0n) is 18.3. The molecule has 3 aromatic rings. The summed E-state index contributed by atoms with van der Waals surface area (Å²) in [5, 5.41) is 5.23. The number of hydrogen-bond acceptors (Lipinski definition) is 4. The van der Waals surface area contributed by atoms with Crippen LogP contribution in [0.2, 0.25) is 5.02 Å². The third-order valence-electron chi connectivity index (χ3n) is 6.66. The molecule has 3 heterocycles. The van der Waals surface area contributed by atoms with E-state index in [9.17, 15) is 9.18 Å². The fourth-order valence-corrected chi connectivity index (χ4v) is 4.68. The fourth-order valence-electron chi connectivity index (χ4n) is 4.56. The normalized spacial score (nSPS) is 15.8. The SMILES string of the molecule is Cc1nc2c3c(nn2c(C)c1Cl)CN(C(=O)c1ccc(F)cc1OCCCC1CCC1)C3. The molecule has 5 rings (SSSR count). The van der Waals surface area contributed by atoms with E-state index in [2.05, 4.69) is 10.1 Å². The minimum Gasteiger partial charge on any atom is -0.493 e. The number of rotatable bonds is 6. The van der Waals surface area contributed by atoms with Crippen molar-refractivity contribution in [3.63, 3.8) is 0 Å². The predicted molar refractivity (Wildman–Crippen MR) is 120 cm³/mol. The third-order valence-corrected chi connectivity index (χ3v) is 7.20. The number of aryl methyl sites for hydroxylation is 2. The van der Waals surface area contributed by atoms with Gasteiger partial charge in [0.05, 0.1) is 47.4 Å². The molecule has 1 aliphatic heterocycles. The Morgan fingerprint density at radius 1 is 1.28 bits per heavy atom. The second-order valence-corrected chi connectivity index (χ2v) is 9.22. The summed E-state index contributed by atoms with van der Waals surface area (Å²) in [7, 11) is 0. The minimum atomic E-state index is -0.412. The number of amides is 1.